The number of nitrogens with one attached hydrogen (secondary N) is 2. The highest BCUT2D eigenvalue weighted by Gasteiger charge is 2.20. The second-order valence-corrected chi connectivity index (χ2v) is 4.65. The van der Waals surface area contributed by atoms with Gasteiger partial charge in [0.1, 0.15) is 17.2 Å². The molecule has 0 bridgehead atoms. The van der Waals surface area contributed by atoms with E-state index in [4.69, 9.17) is 0 Å². The van der Waals surface area contributed by atoms with Crippen LogP contribution >= 0.6 is 0 Å². The Balaban J connectivity index is 1.86. The largest absolute Gasteiger partial charge is 0.326 e. The second kappa shape index (κ2) is 4.97. The molecule has 2 aromatic rings. The van der Waals surface area contributed by atoms with E-state index < -0.39 is 23.1 Å². The summed E-state index contributed by atoms with van der Waals surface area (Å²) in [7, 11) is 0. The van der Waals surface area contributed by atoms with Gasteiger partial charge in [0.05, 0.1) is 6.42 Å². The summed E-state index contributed by atoms with van der Waals surface area (Å²) in [5.74, 6) is -2.85. The minimum atomic E-state index is -0.925. The molecule has 0 fully saturated rings. The van der Waals surface area contributed by atoms with Crippen LogP contribution in [0.3, 0.4) is 0 Å². The standard InChI is InChI=1S/C15H10F2N2O2/c16-10-2-1-3-11(17)14(10)15(21)18-9-4-5-12-8(6-9)7-13(20)19-12/h1-6H,7H2,(H,18,21)(H,19,20). The zero-order valence-electron chi connectivity index (χ0n) is 10.7. The molecule has 0 unspecified atom stereocenters. The maximum atomic E-state index is 13.5. The van der Waals surface area contributed by atoms with Gasteiger partial charge in [-0.15, -0.1) is 0 Å². The smallest absolute Gasteiger partial charge is 0.261 e. The van der Waals surface area contributed by atoms with Crippen molar-refractivity contribution < 1.29 is 18.4 Å². The molecule has 0 radical (unpaired) electrons. The molecule has 106 valence electrons. The Morgan fingerprint density at radius 3 is 2.57 bits per heavy atom. The molecule has 2 amide bonds. The van der Waals surface area contributed by atoms with E-state index in [1.165, 1.54) is 6.07 Å². The zero-order chi connectivity index (χ0) is 15.0. The summed E-state index contributed by atoms with van der Waals surface area (Å²) in [6.07, 6.45) is 0.215. The van der Waals surface area contributed by atoms with E-state index in [0.717, 1.165) is 17.7 Å². The first-order valence-corrected chi connectivity index (χ1v) is 6.23. The molecule has 0 saturated carbocycles. The first-order valence-electron chi connectivity index (χ1n) is 6.23. The highest BCUT2D eigenvalue weighted by Crippen LogP contribution is 2.26. The lowest BCUT2D eigenvalue weighted by atomic mass is 10.1. The lowest BCUT2D eigenvalue weighted by Gasteiger charge is -2.08. The molecule has 0 spiro atoms. The van der Waals surface area contributed by atoms with E-state index in [0.29, 0.717) is 11.4 Å². The van der Waals surface area contributed by atoms with Crippen LogP contribution in [0, 0.1) is 11.6 Å². The van der Waals surface area contributed by atoms with Gasteiger partial charge in [-0.25, -0.2) is 8.78 Å². The minimum Gasteiger partial charge on any atom is -0.326 e. The maximum Gasteiger partial charge on any atom is 0.261 e. The van der Waals surface area contributed by atoms with Crippen molar-refractivity contribution >= 4 is 23.2 Å². The molecule has 1 heterocycles. The molecule has 0 saturated heterocycles. The van der Waals surface area contributed by atoms with Gasteiger partial charge in [0.2, 0.25) is 5.91 Å². The molecule has 0 atom stereocenters. The molecule has 0 aliphatic carbocycles. The van der Waals surface area contributed by atoms with Crippen LogP contribution in [0.25, 0.3) is 0 Å². The van der Waals surface area contributed by atoms with E-state index in [2.05, 4.69) is 10.6 Å². The molecule has 1 aliphatic heterocycles. The minimum absolute atomic E-state index is 0.131. The van der Waals surface area contributed by atoms with E-state index in [1.54, 1.807) is 18.2 Å². The summed E-state index contributed by atoms with van der Waals surface area (Å²) in [5.41, 5.74) is 1.15. The molecule has 3 rings (SSSR count). The van der Waals surface area contributed by atoms with Crippen LogP contribution < -0.4 is 10.6 Å². The summed E-state index contributed by atoms with van der Waals surface area (Å²) < 4.78 is 27.0. The fourth-order valence-electron chi connectivity index (χ4n) is 2.22. The number of amides is 2. The van der Waals surface area contributed by atoms with Crippen LogP contribution in [0.2, 0.25) is 0 Å². The third-order valence-electron chi connectivity index (χ3n) is 3.18. The van der Waals surface area contributed by atoms with Crippen LogP contribution in [0.4, 0.5) is 20.2 Å². The van der Waals surface area contributed by atoms with Crippen LogP contribution in [0.1, 0.15) is 15.9 Å². The molecule has 2 aromatic carbocycles. The predicted octanol–water partition coefficient (Wildman–Crippen LogP) is 2.71. The van der Waals surface area contributed by atoms with Crippen LogP contribution in [0.5, 0.6) is 0 Å². The van der Waals surface area contributed by atoms with Crippen molar-refractivity contribution in [2.75, 3.05) is 10.6 Å². The third-order valence-corrected chi connectivity index (χ3v) is 3.18. The lowest BCUT2D eigenvalue weighted by molar-refractivity contribution is -0.115. The Morgan fingerprint density at radius 2 is 1.86 bits per heavy atom. The molecule has 4 nitrogen and oxygen atoms in total. The Bertz CT molecular complexity index is 739. The van der Waals surface area contributed by atoms with Gasteiger partial charge in [-0.05, 0) is 35.9 Å². The number of carbonyl (C=O) groups is 2. The van der Waals surface area contributed by atoms with Crippen molar-refractivity contribution in [3.63, 3.8) is 0 Å². The van der Waals surface area contributed by atoms with Crippen molar-refractivity contribution in [3.05, 3.63) is 59.2 Å². The quantitative estimate of drug-likeness (QED) is 0.892. The van der Waals surface area contributed by atoms with Crippen molar-refractivity contribution in [1.82, 2.24) is 0 Å². The molecular weight excluding hydrogens is 278 g/mol. The van der Waals surface area contributed by atoms with Crippen molar-refractivity contribution in [2.24, 2.45) is 0 Å². The average Bonchev–Trinajstić information content (AvgIpc) is 2.77. The number of halogens is 2. The Hall–Kier alpha value is -2.76. The van der Waals surface area contributed by atoms with Gasteiger partial charge < -0.3 is 10.6 Å². The Labute approximate surface area is 118 Å². The summed E-state index contributed by atoms with van der Waals surface area (Å²) in [5, 5.41) is 5.08. The van der Waals surface area contributed by atoms with E-state index in [-0.39, 0.29) is 12.3 Å². The summed E-state index contributed by atoms with van der Waals surface area (Å²) in [4.78, 5) is 23.2. The molecule has 2 N–H and O–H groups in total. The predicted molar refractivity (Wildman–Crippen MR) is 73.1 cm³/mol. The summed E-state index contributed by atoms with van der Waals surface area (Å²) in [6, 6.07) is 8.01. The summed E-state index contributed by atoms with van der Waals surface area (Å²) in [6.45, 7) is 0. The first kappa shape index (κ1) is 13.2. The van der Waals surface area contributed by atoms with Gasteiger partial charge in [0, 0.05) is 11.4 Å². The number of hydrogen-bond donors (Lipinski definition) is 2. The number of rotatable bonds is 2. The Kier molecular flexibility index (Phi) is 3.13. The third kappa shape index (κ3) is 2.47. The van der Waals surface area contributed by atoms with E-state index in [9.17, 15) is 18.4 Å². The van der Waals surface area contributed by atoms with Gasteiger partial charge in [0.15, 0.2) is 0 Å². The molecule has 21 heavy (non-hydrogen) atoms. The van der Waals surface area contributed by atoms with E-state index >= 15 is 0 Å². The van der Waals surface area contributed by atoms with Gasteiger partial charge in [-0.2, -0.15) is 0 Å². The highest BCUT2D eigenvalue weighted by molar-refractivity contribution is 6.05. The Morgan fingerprint density at radius 1 is 1.14 bits per heavy atom. The maximum absolute atomic E-state index is 13.5. The number of hydrogen-bond acceptors (Lipinski definition) is 2. The van der Waals surface area contributed by atoms with E-state index in [1.807, 2.05) is 0 Å². The number of benzene rings is 2. The SMILES string of the molecule is O=C1Cc2cc(NC(=O)c3c(F)cccc3F)ccc2N1. The second-order valence-electron chi connectivity index (χ2n) is 4.65. The van der Waals surface area contributed by atoms with Gasteiger partial charge >= 0.3 is 0 Å². The van der Waals surface area contributed by atoms with Crippen molar-refractivity contribution in [1.29, 1.82) is 0 Å². The first-order chi connectivity index (χ1) is 10.0. The number of carbonyl (C=O) groups excluding carboxylic acids is 2. The molecule has 6 heteroatoms. The number of anilines is 2. The summed E-state index contributed by atoms with van der Waals surface area (Å²) >= 11 is 0. The highest BCUT2D eigenvalue weighted by atomic mass is 19.1. The van der Waals surface area contributed by atoms with Crippen LogP contribution in [-0.4, -0.2) is 11.8 Å². The van der Waals surface area contributed by atoms with Gasteiger partial charge in [-0.3, -0.25) is 9.59 Å². The zero-order valence-corrected chi connectivity index (χ0v) is 10.7. The lowest BCUT2D eigenvalue weighted by Crippen LogP contribution is -2.15. The van der Waals surface area contributed by atoms with Crippen LogP contribution in [0.15, 0.2) is 36.4 Å². The molecule has 1 aliphatic rings. The average molecular weight is 288 g/mol. The van der Waals surface area contributed by atoms with Crippen LogP contribution in [-0.2, 0) is 11.2 Å². The number of fused-ring (bicyclic) bond motifs is 1. The fraction of sp³-hybridized carbons (Fsp3) is 0.0667. The van der Waals surface area contributed by atoms with Gasteiger partial charge in [-0.1, -0.05) is 6.07 Å². The topological polar surface area (TPSA) is 58.2 Å². The normalized spacial score (nSPS) is 12.8. The van der Waals surface area contributed by atoms with Gasteiger partial charge in [0.25, 0.3) is 5.91 Å². The monoisotopic (exact) mass is 288 g/mol. The van der Waals surface area contributed by atoms with Crippen molar-refractivity contribution in [2.45, 2.75) is 6.42 Å². The molecular formula is C15H10F2N2O2. The fourth-order valence-corrected chi connectivity index (χ4v) is 2.22. The van der Waals surface area contributed by atoms with Crippen molar-refractivity contribution in [3.8, 4) is 0 Å². The molecule has 0 aromatic heterocycles.